The molecule has 34 heavy (non-hydrogen) atoms. The predicted molar refractivity (Wildman–Crippen MR) is 129 cm³/mol. The van der Waals surface area contributed by atoms with Crippen molar-refractivity contribution in [1.29, 1.82) is 0 Å². The number of carbonyl (C=O) groups is 1. The van der Waals surface area contributed by atoms with E-state index in [2.05, 4.69) is 25.4 Å². The van der Waals surface area contributed by atoms with Gasteiger partial charge in [-0.3, -0.25) is 9.78 Å². The molecule has 0 saturated carbocycles. The first-order chi connectivity index (χ1) is 16.4. The van der Waals surface area contributed by atoms with E-state index in [9.17, 15) is 9.18 Å². The Kier molecular flexibility index (Phi) is 5.45. The summed E-state index contributed by atoms with van der Waals surface area (Å²) in [5, 5.41) is 8.90. The molecule has 1 atom stereocenters. The fourth-order valence-electron chi connectivity index (χ4n) is 4.09. The van der Waals surface area contributed by atoms with Crippen LogP contribution in [0, 0.1) is 12.7 Å². The number of carbonyl (C=O) groups excluding carboxylic acids is 1. The molecule has 5 aromatic rings. The van der Waals surface area contributed by atoms with Gasteiger partial charge < -0.3 is 15.2 Å². The SMILES string of the molecule is Cc1cnn2c(N[C@@H](Cc3c[nH]c4ccccc34)C(=O)N(C)C)cc(-c3cncc(F)c3)nc12. The Morgan fingerprint density at radius 2 is 2.03 bits per heavy atom. The molecule has 0 fully saturated rings. The predicted octanol–water partition coefficient (Wildman–Crippen LogP) is 3.83. The van der Waals surface area contributed by atoms with Crippen LogP contribution in [0.15, 0.2) is 61.2 Å². The van der Waals surface area contributed by atoms with Crippen LogP contribution in [0.1, 0.15) is 11.1 Å². The quantitative estimate of drug-likeness (QED) is 0.404. The largest absolute Gasteiger partial charge is 0.361 e. The van der Waals surface area contributed by atoms with E-state index in [1.54, 1.807) is 42.0 Å². The molecule has 0 bridgehead atoms. The van der Waals surface area contributed by atoms with Gasteiger partial charge in [0, 0.05) is 61.0 Å². The summed E-state index contributed by atoms with van der Waals surface area (Å²) in [6.45, 7) is 1.90. The number of anilines is 1. The zero-order valence-electron chi connectivity index (χ0n) is 19.1. The Morgan fingerprint density at radius 1 is 1.21 bits per heavy atom. The van der Waals surface area contributed by atoms with Crippen molar-refractivity contribution in [3.05, 3.63) is 78.1 Å². The maximum Gasteiger partial charge on any atom is 0.244 e. The third kappa shape index (κ3) is 3.96. The molecular formula is C25H24FN7O. The first-order valence-corrected chi connectivity index (χ1v) is 10.9. The number of para-hydroxylation sites is 1. The van der Waals surface area contributed by atoms with Gasteiger partial charge in [0.2, 0.25) is 5.91 Å². The molecule has 0 spiro atoms. The number of aryl methyl sites for hydroxylation is 1. The van der Waals surface area contributed by atoms with Gasteiger partial charge in [-0.15, -0.1) is 0 Å². The van der Waals surface area contributed by atoms with Gasteiger partial charge in [0.1, 0.15) is 17.7 Å². The summed E-state index contributed by atoms with van der Waals surface area (Å²) in [5.74, 6) is 0.0596. The minimum absolute atomic E-state index is 0.0758. The van der Waals surface area contributed by atoms with Gasteiger partial charge in [-0.05, 0) is 24.6 Å². The number of nitrogens with zero attached hydrogens (tertiary/aromatic N) is 5. The van der Waals surface area contributed by atoms with E-state index in [1.807, 2.05) is 37.4 Å². The number of amides is 1. The molecular weight excluding hydrogens is 433 g/mol. The average molecular weight is 458 g/mol. The van der Waals surface area contributed by atoms with Crippen LogP contribution in [0.5, 0.6) is 0 Å². The van der Waals surface area contributed by atoms with Gasteiger partial charge in [0.25, 0.3) is 0 Å². The first-order valence-electron chi connectivity index (χ1n) is 10.9. The van der Waals surface area contributed by atoms with E-state index in [1.165, 1.54) is 6.07 Å². The highest BCUT2D eigenvalue weighted by atomic mass is 19.1. The molecule has 0 unspecified atom stereocenters. The summed E-state index contributed by atoms with van der Waals surface area (Å²) in [5.41, 5.74) is 4.60. The molecule has 5 rings (SSSR count). The molecule has 9 heteroatoms. The van der Waals surface area contributed by atoms with Gasteiger partial charge >= 0.3 is 0 Å². The highest BCUT2D eigenvalue weighted by molar-refractivity contribution is 5.87. The molecule has 8 nitrogen and oxygen atoms in total. The zero-order valence-corrected chi connectivity index (χ0v) is 19.1. The van der Waals surface area contributed by atoms with Crippen LogP contribution in [0.25, 0.3) is 27.8 Å². The summed E-state index contributed by atoms with van der Waals surface area (Å²) in [4.78, 5) is 26.7. The van der Waals surface area contributed by atoms with E-state index in [0.29, 0.717) is 29.1 Å². The van der Waals surface area contributed by atoms with Crippen LogP contribution < -0.4 is 5.32 Å². The number of pyridine rings is 1. The zero-order chi connectivity index (χ0) is 23.8. The summed E-state index contributed by atoms with van der Waals surface area (Å²) < 4.78 is 15.5. The lowest BCUT2D eigenvalue weighted by molar-refractivity contribution is -0.129. The number of aromatic nitrogens is 5. The van der Waals surface area contributed by atoms with Gasteiger partial charge in [0.05, 0.1) is 18.1 Å². The highest BCUT2D eigenvalue weighted by Gasteiger charge is 2.24. The van der Waals surface area contributed by atoms with Crippen molar-refractivity contribution in [1.82, 2.24) is 29.5 Å². The van der Waals surface area contributed by atoms with Crippen molar-refractivity contribution in [2.24, 2.45) is 0 Å². The van der Waals surface area contributed by atoms with Gasteiger partial charge in [-0.1, -0.05) is 18.2 Å². The molecule has 0 radical (unpaired) electrons. The van der Waals surface area contributed by atoms with E-state index in [4.69, 9.17) is 0 Å². The molecule has 1 aromatic carbocycles. The summed E-state index contributed by atoms with van der Waals surface area (Å²) in [7, 11) is 3.46. The van der Waals surface area contributed by atoms with E-state index >= 15 is 0 Å². The van der Waals surface area contributed by atoms with Crippen molar-refractivity contribution in [2.75, 3.05) is 19.4 Å². The van der Waals surface area contributed by atoms with E-state index in [-0.39, 0.29) is 5.91 Å². The molecule has 0 aliphatic heterocycles. The van der Waals surface area contributed by atoms with Crippen molar-refractivity contribution >= 4 is 28.3 Å². The normalized spacial score (nSPS) is 12.2. The minimum atomic E-state index is -0.567. The molecule has 0 saturated heterocycles. The number of rotatable bonds is 6. The number of fused-ring (bicyclic) bond motifs is 2. The Labute approximate surface area is 195 Å². The number of benzene rings is 1. The van der Waals surface area contributed by atoms with Gasteiger partial charge in [0.15, 0.2) is 5.65 Å². The average Bonchev–Trinajstić information content (AvgIpc) is 3.41. The maximum absolute atomic E-state index is 13.9. The summed E-state index contributed by atoms with van der Waals surface area (Å²) >= 11 is 0. The number of hydrogen-bond donors (Lipinski definition) is 2. The third-order valence-electron chi connectivity index (χ3n) is 5.81. The molecule has 1 amide bonds. The summed E-state index contributed by atoms with van der Waals surface area (Å²) in [6, 6.07) is 10.6. The minimum Gasteiger partial charge on any atom is -0.361 e. The standard InChI is InChI=1S/C25H24FN7O/c1-15-11-29-33-23(10-21(31-24(15)33)17-8-18(26)14-27-12-17)30-22(25(34)32(2)3)9-16-13-28-20-7-5-4-6-19(16)20/h4-8,10-14,22,28,30H,9H2,1-3H3/t22-/m0/s1. The topological polar surface area (TPSA) is 91.2 Å². The van der Waals surface area contributed by atoms with Crippen LogP contribution >= 0.6 is 0 Å². The third-order valence-corrected chi connectivity index (χ3v) is 5.81. The smallest absolute Gasteiger partial charge is 0.244 e. The molecule has 172 valence electrons. The second kappa shape index (κ2) is 8.58. The molecule has 4 heterocycles. The van der Waals surface area contributed by atoms with Gasteiger partial charge in [-0.25, -0.2) is 9.37 Å². The van der Waals surface area contributed by atoms with Crippen LogP contribution in [0.2, 0.25) is 0 Å². The second-order valence-corrected chi connectivity index (χ2v) is 8.47. The Hall–Kier alpha value is -4.27. The lowest BCUT2D eigenvalue weighted by Crippen LogP contribution is -2.40. The number of H-pyrrole nitrogens is 1. The van der Waals surface area contributed by atoms with E-state index in [0.717, 1.165) is 28.2 Å². The Morgan fingerprint density at radius 3 is 2.82 bits per heavy atom. The van der Waals surface area contributed by atoms with Crippen molar-refractivity contribution in [2.45, 2.75) is 19.4 Å². The Balaban J connectivity index is 1.58. The van der Waals surface area contributed by atoms with Gasteiger partial charge in [-0.2, -0.15) is 9.61 Å². The van der Waals surface area contributed by atoms with E-state index < -0.39 is 11.9 Å². The van der Waals surface area contributed by atoms with Crippen molar-refractivity contribution < 1.29 is 9.18 Å². The fourth-order valence-corrected chi connectivity index (χ4v) is 4.09. The Bertz CT molecular complexity index is 1500. The molecule has 0 aliphatic rings. The second-order valence-electron chi connectivity index (χ2n) is 8.47. The number of likely N-dealkylation sites (N-methyl/N-ethyl adjacent to an activating group) is 1. The lowest BCUT2D eigenvalue weighted by atomic mass is 10.0. The lowest BCUT2D eigenvalue weighted by Gasteiger charge is -2.23. The number of halogens is 1. The highest BCUT2D eigenvalue weighted by Crippen LogP contribution is 2.26. The molecule has 4 aromatic heterocycles. The van der Waals surface area contributed by atoms with Crippen LogP contribution in [0.3, 0.4) is 0 Å². The summed E-state index contributed by atoms with van der Waals surface area (Å²) in [6.07, 6.45) is 6.82. The number of nitrogens with one attached hydrogen (secondary N) is 2. The molecule has 0 aliphatic carbocycles. The monoisotopic (exact) mass is 457 g/mol. The van der Waals surface area contributed by atoms with Crippen molar-refractivity contribution in [3.63, 3.8) is 0 Å². The maximum atomic E-state index is 13.9. The molecule has 2 N–H and O–H groups in total. The van der Waals surface area contributed by atoms with Crippen LogP contribution in [-0.4, -0.2) is 55.5 Å². The van der Waals surface area contributed by atoms with Crippen LogP contribution in [-0.2, 0) is 11.2 Å². The number of hydrogen-bond acceptors (Lipinski definition) is 5. The van der Waals surface area contributed by atoms with Crippen LogP contribution in [0.4, 0.5) is 10.2 Å². The first kappa shape index (κ1) is 21.6. The van der Waals surface area contributed by atoms with Crippen molar-refractivity contribution in [3.8, 4) is 11.3 Å². The number of aromatic amines is 1. The fraction of sp³-hybridized carbons (Fsp3) is 0.200.